The molecule has 114 valence electrons. The summed E-state index contributed by atoms with van der Waals surface area (Å²) in [5.74, 6) is -3.78. The lowest BCUT2D eigenvalue weighted by molar-refractivity contribution is -0.137. The summed E-state index contributed by atoms with van der Waals surface area (Å²) in [6.45, 7) is 3.75. The Morgan fingerprint density at radius 3 is 2.71 bits per heavy atom. The second kappa shape index (κ2) is 8.01. The molecule has 1 aromatic heterocycles. The number of hydrogen-bond acceptors (Lipinski definition) is 5. The van der Waals surface area contributed by atoms with Gasteiger partial charge < -0.3 is 9.84 Å². The fourth-order valence-corrected chi connectivity index (χ4v) is 1.79. The van der Waals surface area contributed by atoms with Crippen LogP contribution in [0, 0.1) is 15.5 Å². The molecule has 1 heterocycles. The molecule has 0 fully saturated rings. The van der Waals surface area contributed by atoms with E-state index < -0.39 is 29.2 Å². The Morgan fingerprint density at radius 1 is 1.48 bits per heavy atom. The summed E-state index contributed by atoms with van der Waals surface area (Å²) in [4.78, 5) is 18.6. The van der Waals surface area contributed by atoms with Gasteiger partial charge in [-0.1, -0.05) is 0 Å². The van der Waals surface area contributed by atoms with Gasteiger partial charge in [0.1, 0.15) is 11.3 Å². The Bertz CT molecular complexity index is 603. The number of aliphatic hydroxyl groups excluding tert-OH is 1. The molecule has 0 aliphatic rings. The van der Waals surface area contributed by atoms with Crippen molar-refractivity contribution < 1.29 is 23.4 Å². The minimum Gasteiger partial charge on any atom is -0.506 e. The highest BCUT2D eigenvalue weighted by Gasteiger charge is 2.21. The summed E-state index contributed by atoms with van der Waals surface area (Å²) in [7, 11) is 0. The maximum absolute atomic E-state index is 13.7. The maximum Gasteiger partial charge on any atom is 0.343 e. The van der Waals surface area contributed by atoms with Gasteiger partial charge in [-0.25, -0.2) is 4.79 Å². The van der Waals surface area contributed by atoms with E-state index in [1.54, 1.807) is 36.4 Å². The van der Waals surface area contributed by atoms with Gasteiger partial charge in [-0.05, 0) is 42.5 Å². The minimum atomic E-state index is -1.22. The zero-order valence-electron chi connectivity index (χ0n) is 11.4. The van der Waals surface area contributed by atoms with Crippen molar-refractivity contribution in [2.75, 3.05) is 13.2 Å². The molecule has 0 unspecified atom stereocenters. The van der Waals surface area contributed by atoms with Gasteiger partial charge in [-0.15, -0.1) is 0 Å². The second-order valence-electron chi connectivity index (χ2n) is 3.71. The number of aliphatic imine (C=N–C) groups is 1. The van der Waals surface area contributed by atoms with Gasteiger partial charge in [-0.2, -0.15) is 13.8 Å². The normalized spacial score (nSPS) is 12.4. The Balaban J connectivity index is 3.42. The van der Waals surface area contributed by atoms with E-state index in [0.29, 0.717) is 6.54 Å². The van der Waals surface area contributed by atoms with Crippen LogP contribution in [0.3, 0.4) is 0 Å². The quantitative estimate of drug-likeness (QED) is 0.202. The summed E-state index contributed by atoms with van der Waals surface area (Å²) in [5.41, 5.74) is -0.715. The van der Waals surface area contributed by atoms with E-state index in [-0.39, 0.29) is 15.8 Å². The molecule has 0 atom stereocenters. The first kappa shape index (κ1) is 17.5. The van der Waals surface area contributed by atoms with Crippen LogP contribution in [0.5, 0.6) is 0 Å². The molecule has 0 aliphatic heterocycles. The van der Waals surface area contributed by atoms with Crippen molar-refractivity contribution >= 4 is 40.5 Å². The largest absolute Gasteiger partial charge is 0.506 e. The third-order valence-corrected chi connectivity index (χ3v) is 3.05. The summed E-state index contributed by atoms with van der Waals surface area (Å²) < 4.78 is 31.6. The van der Waals surface area contributed by atoms with Crippen molar-refractivity contribution in [2.45, 2.75) is 13.8 Å². The number of hydrogen-bond donors (Lipinski definition) is 1. The molecule has 1 aromatic rings. The van der Waals surface area contributed by atoms with Crippen molar-refractivity contribution in [2.24, 2.45) is 4.99 Å². The van der Waals surface area contributed by atoms with Crippen LogP contribution in [0.15, 0.2) is 16.6 Å². The van der Waals surface area contributed by atoms with E-state index in [1.807, 2.05) is 0 Å². The number of aliphatic hydroxyl groups is 1. The molecule has 1 rings (SSSR count). The van der Waals surface area contributed by atoms with Crippen molar-refractivity contribution in [1.29, 1.82) is 0 Å². The van der Waals surface area contributed by atoms with Crippen LogP contribution in [0.1, 0.15) is 19.4 Å². The number of nitrogens with zero attached hydrogens (tertiary/aromatic N) is 2. The second-order valence-corrected chi connectivity index (χ2v) is 4.87. The van der Waals surface area contributed by atoms with E-state index in [0.717, 1.165) is 12.3 Å². The first-order valence-corrected chi connectivity index (χ1v) is 7.12. The van der Waals surface area contributed by atoms with Gasteiger partial charge in [0.15, 0.2) is 0 Å². The number of esters is 1. The molecule has 1 N–H and O–H groups in total. The van der Waals surface area contributed by atoms with Crippen molar-refractivity contribution in [3.05, 3.63) is 32.7 Å². The molecule has 0 saturated carbocycles. The molecule has 5 nitrogen and oxygen atoms in total. The summed E-state index contributed by atoms with van der Waals surface area (Å²) >= 11 is 1.60. The van der Waals surface area contributed by atoms with Crippen LogP contribution in [0.25, 0.3) is 5.76 Å². The third-order valence-electron chi connectivity index (χ3n) is 2.30. The number of aromatic nitrogens is 1. The van der Waals surface area contributed by atoms with Crippen molar-refractivity contribution in [3.63, 3.8) is 0 Å². The zero-order valence-corrected chi connectivity index (χ0v) is 13.5. The molecular weight excluding hydrogens is 397 g/mol. The number of rotatable bonds is 5. The number of halogens is 3. The molecule has 0 aromatic carbocycles. The van der Waals surface area contributed by atoms with Crippen LogP contribution in [0.2, 0.25) is 0 Å². The topological polar surface area (TPSA) is 71.8 Å². The molecule has 0 bridgehead atoms. The van der Waals surface area contributed by atoms with Crippen molar-refractivity contribution in [3.8, 4) is 0 Å². The predicted octanol–water partition coefficient (Wildman–Crippen LogP) is 2.89. The lowest BCUT2D eigenvalue weighted by atomic mass is 10.1. The highest BCUT2D eigenvalue weighted by molar-refractivity contribution is 14.1. The molecule has 8 heteroatoms. The molecule has 0 amide bonds. The van der Waals surface area contributed by atoms with Crippen LogP contribution >= 0.6 is 22.6 Å². The average Bonchev–Trinajstić information content (AvgIpc) is 2.43. The monoisotopic (exact) mass is 410 g/mol. The van der Waals surface area contributed by atoms with Gasteiger partial charge in [0.2, 0.25) is 11.9 Å². The van der Waals surface area contributed by atoms with Gasteiger partial charge in [0.25, 0.3) is 0 Å². The van der Waals surface area contributed by atoms with E-state index >= 15 is 0 Å². The van der Waals surface area contributed by atoms with Gasteiger partial charge in [-0.3, -0.25) is 4.99 Å². The van der Waals surface area contributed by atoms with Gasteiger partial charge >= 0.3 is 5.97 Å². The highest BCUT2D eigenvalue weighted by atomic mass is 127. The third kappa shape index (κ3) is 4.45. The Morgan fingerprint density at radius 2 is 2.14 bits per heavy atom. The molecule has 0 radical (unpaired) electrons. The Hall–Kier alpha value is -1.58. The molecule has 21 heavy (non-hydrogen) atoms. The lowest BCUT2D eigenvalue weighted by Gasteiger charge is -2.08. The molecule has 0 spiro atoms. The lowest BCUT2D eigenvalue weighted by Crippen LogP contribution is -2.12. The van der Waals surface area contributed by atoms with Crippen LogP contribution in [-0.2, 0) is 9.53 Å². The number of ether oxygens (including phenoxy) is 1. The van der Waals surface area contributed by atoms with E-state index in [2.05, 4.69) is 9.98 Å². The summed E-state index contributed by atoms with van der Waals surface area (Å²) in [6.07, 6.45) is 1.09. The Labute approximate surface area is 133 Å². The van der Waals surface area contributed by atoms with Crippen LogP contribution in [-0.4, -0.2) is 35.4 Å². The predicted molar refractivity (Wildman–Crippen MR) is 82.1 cm³/mol. The fraction of sp³-hybridized carbons (Fsp3) is 0.308. The van der Waals surface area contributed by atoms with Crippen LogP contribution < -0.4 is 0 Å². The van der Waals surface area contributed by atoms with Crippen molar-refractivity contribution in [1.82, 2.24) is 4.98 Å². The summed E-state index contributed by atoms with van der Waals surface area (Å²) in [6, 6.07) is 1.05. The number of carbonyl (C=O) groups excluding carboxylic acids is 1. The highest BCUT2D eigenvalue weighted by Crippen LogP contribution is 2.22. The number of carbonyl (C=O) groups is 1. The SMILES string of the molecule is CCN=CC(C(=O)OCC)=C(O)c1cc(I)c(F)nc1F. The van der Waals surface area contributed by atoms with Gasteiger partial charge in [0.05, 0.1) is 15.7 Å². The van der Waals surface area contributed by atoms with E-state index in [1.165, 1.54) is 0 Å². The molecule has 0 saturated heterocycles. The van der Waals surface area contributed by atoms with E-state index in [4.69, 9.17) is 4.74 Å². The Kier molecular flexibility index (Phi) is 6.66. The fourth-order valence-electron chi connectivity index (χ4n) is 1.36. The van der Waals surface area contributed by atoms with E-state index in [9.17, 15) is 18.7 Å². The standard InChI is InChI=1S/C13H13F2IN2O3/c1-3-17-6-8(13(20)21-4-2)10(19)7-5-9(16)12(15)18-11(7)14/h5-6,19H,3-4H2,1-2H3. The smallest absolute Gasteiger partial charge is 0.343 e. The first-order valence-electron chi connectivity index (χ1n) is 6.04. The zero-order chi connectivity index (χ0) is 16.0. The van der Waals surface area contributed by atoms with Crippen LogP contribution in [0.4, 0.5) is 8.78 Å². The number of pyridine rings is 1. The molecule has 0 aliphatic carbocycles. The van der Waals surface area contributed by atoms with Gasteiger partial charge in [0, 0.05) is 12.8 Å². The average molecular weight is 410 g/mol. The first-order chi connectivity index (χ1) is 9.92. The minimum absolute atomic E-state index is 0.00573. The maximum atomic E-state index is 13.7. The molecular formula is C13H13F2IN2O3. The summed E-state index contributed by atoms with van der Waals surface area (Å²) in [5, 5.41) is 10.1.